The Morgan fingerprint density at radius 1 is 0.625 bits per heavy atom. The predicted octanol–water partition coefficient (Wildman–Crippen LogP) is 6.02. The zero-order chi connectivity index (χ0) is 29.2. The third kappa shape index (κ3) is 11.6. The van der Waals surface area contributed by atoms with Crippen molar-refractivity contribution in [3.05, 3.63) is 48.5 Å². The van der Waals surface area contributed by atoms with Gasteiger partial charge in [0.2, 0.25) is 0 Å². The topological polar surface area (TPSA) is 73.7 Å². The minimum atomic E-state index is -0.139. The Kier molecular flexibility index (Phi) is 11.4. The summed E-state index contributed by atoms with van der Waals surface area (Å²) in [6.45, 7) is 19.1. The summed E-state index contributed by atoms with van der Waals surface area (Å²) in [6.07, 6.45) is 1.77. The second-order valence-corrected chi connectivity index (χ2v) is 12.3. The highest BCUT2D eigenvalue weighted by atomic mass is 16.5. The molecule has 3 rings (SSSR count). The fraction of sp³-hybridized carbons (Fsp3) is 0.562. The summed E-state index contributed by atoms with van der Waals surface area (Å²) < 4.78 is 10.6. The molecule has 2 N–H and O–H groups in total. The van der Waals surface area contributed by atoms with Crippen LogP contribution in [0.2, 0.25) is 0 Å². The van der Waals surface area contributed by atoms with Gasteiger partial charge in [-0.3, -0.25) is 9.98 Å². The van der Waals surface area contributed by atoms with Crippen LogP contribution in [0.5, 0.6) is 11.5 Å². The van der Waals surface area contributed by atoms with Gasteiger partial charge in [-0.25, -0.2) is 0 Å². The Labute approximate surface area is 241 Å². The van der Waals surface area contributed by atoms with Crippen molar-refractivity contribution < 1.29 is 9.47 Å². The lowest BCUT2D eigenvalue weighted by molar-refractivity contribution is 0.137. The molecule has 1 heterocycles. The molecular formula is C32H50N6O2. The second kappa shape index (κ2) is 14.5. The monoisotopic (exact) mass is 550 g/mol. The van der Waals surface area contributed by atoms with Crippen LogP contribution in [-0.4, -0.2) is 86.0 Å². The normalized spacial score (nSPS) is 16.1. The van der Waals surface area contributed by atoms with E-state index >= 15 is 0 Å². The minimum absolute atomic E-state index is 0.139. The first kappa shape index (κ1) is 31.4. The van der Waals surface area contributed by atoms with Crippen molar-refractivity contribution in [2.45, 2.75) is 65.5 Å². The average Bonchev–Trinajstić information content (AvgIpc) is 2.90. The number of hydrogen-bond donors (Lipinski definition) is 2. The zero-order valence-corrected chi connectivity index (χ0v) is 25.9. The van der Waals surface area contributed by atoms with Gasteiger partial charge in [0.25, 0.3) is 0 Å². The minimum Gasteiger partial charge on any atom is -0.497 e. The number of ether oxygens (including phenoxy) is 2. The van der Waals surface area contributed by atoms with Crippen LogP contribution >= 0.6 is 0 Å². The quantitative estimate of drug-likeness (QED) is 0.278. The van der Waals surface area contributed by atoms with Gasteiger partial charge in [0.15, 0.2) is 0 Å². The zero-order valence-electron chi connectivity index (χ0n) is 25.9. The molecule has 0 aromatic heterocycles. The summed E-state index contributed by atoms with van der Waals surface area (Å²) in [5.41, 5.74) is 1.79. The molecule has 0 unspecified atom stereocenters. The first-order chi connectivity index (χ1) is 18.9. The Morgan fingerprint density at radius 2 is 0.950 bits per heavy atom. The number of hydrogen-bond acceptors (Lipinski definition) is 6. The van der Waals surface area contributed by atoms with E-state index < -0.39 is 0 Å². The fourth-order valence-electron chi connectivity index (χ4n) is 4.55. The van der Waals surface area contributed by atoms with Gasteiger partial charge in [-0.1, -0.05) is 0 Å². The standard InChI is InChI=1S/C32H50N6O2/c1-31(2,3)35-29(33-25-9-13-27(39-7)14-10-25)17-19-37-21-23-38(24-22-37)20-18-30(36-32(4,5)6)34-26-11-15-28(40-8)16-12-26/h9-16H,17-24H2,1-8H3,(H,33,35)(H,34,36). The van der Waals surface area contributed by atoms with Crippen LogP contribution in [0.4, 0.5) is 11.4 Å². The van der Waals surface area contributed by atoms with E-state index in [9.17, 15) is 0 Å². The van der Waals surface area contributed by atoms with Crippen molar-refractivity contribution in [1.82, 2.24) is 9.80 Å². The van der Waals surface area contributed by atoms with E-state index in [0.29, 0.717) is 0 Å². The predicted molar refractivity (Wildman–Crippen MR) is 170 cm³/mol. The fourth-order valence-corrected chi connectivity index (χ4v) is 4.55. The number of rotatable bonds is 10. The molecule has 0 spiro atoms. The van der Waals surface area contributed by atoms with E-state index in [1.165, 1.54) is 0 Å². The number of nitrogens with zero attached hydrogens (tertiary/aromatic N) is 4. The molecule has 0 aliphatic carbocycles. The van der Waals surface area contributed by atoms with E-state index in [-0.39, 0.29) is 11.1 Å². The van der Waals surface area contributed by atoms with Crippen molar-refractivity contribution in [2.24, 2.45) is 9.98 Å². The van der Waals surface area contributed by atoms with Crippen LogP contribution < -0.4 is 20.1 Å². The lowest BCUT2D eigenvalue weighted by Gasteiger charge is -2.35. The number of piperazine rings is 1. The summed E-state index contributed by atoms with van der Waals surface area (Å²) in [7, 11) is 3.37. The first-order valence-corrected chi connectivity index (χ1v) is 14.4. The van der Waals surface area contributed by atoms with Crippen LogP contribution in [0.15, 0.2) is 58.5 Å². The lowest BCUT2D eigenvalue weighted by atomic mass is 10.1. The number of nitrogens with one attached hydrogen (secondary N) is 2. The number of anilines is 2. The van der Waals surface area contributed by atoms with Crippen molar-refractivity contribution >= 4 is 23.0 Å². The van der Waals surface area contributed by atoms with Gasteiger partial charge in [0.1, 0.15) is 23.2 Å². The van der Waals surface area contributed by atoms with Crippen LogP contribution in [0.1, 0.15) is 54.4 Å². The molecule has 0 bridgehead atoms. The highest BCUT2D eigenvalue weighted by Gasteiger charge is 2.19. The summed E-state index contributed by atoms with van der Waals surface area (Å²) in [6, 6.07) is 16.0. The van der Waals surface area contributed by atoms with Crippen LogP contribution in [0.3, 0.4) is 0 Å². The SMILES string of the molecule is COc1ccc(NC(CCN2CCN(CCC(=NC(C)(C)C)Nc3ccc(OC)cc3)CC2)=NC(C)(C)C)cc1. The molecule has 40 heavy (non-hydrogen) atoms. The van der Waals surface area contributed by atoms with Gasteiger partial charge in [-0.15, -0.1) is 0 Å². The maximum Gasteiger partial charge on any atom is 0.119 e. The van der Waals surface area contributed by atoms with Crippen molar-refractivity contribution in [3.63, 3.8) is 0 Å². The average molecular weight is 551 g/mol. The molecule has 1 saturated heterocycles. The van der Waals surface area contributed by atoms with Crippen molar-refractivity contribution in [1.29, 1.82) is 0 Å². The number of amidine groups is 2. The summed E-state index contributed by atoms with van der Waals surface area (Å²) in [4.78, 5) is 15.0. The molecule has 0 radical (unpaired) electrons. The third-order valence-corrected chi connectivity index (χ3v) is 6.49. The van der Waals surface area contributed by atoms with Crippen LogP contribution in [-0.2, 0) is 0 Å². The summed E-state index contributed by atoms with van der Waals surface area (Å²) >= 11 is 0. The summed E-state index contributed by atoms with van der Waals surface area (Å²) in [5, 5.41) is 7.09. The highest BCUT2D eigenvalue weighted by molar-refractivity contribution is 5.96. The van der Waals surface area contributed by atoms with E-state index in [1.807, 2.05) is 48.5 Å². The summed E-state index contributed by atoms with van der Waals surface area (Å²) in [5.74, 6) is 3.75. The van der Waals surface area contributed by atoms with Gasteiger partial charge < -0.3 is 29.9 Å². The Balaban J connectivity index is 1.50. The van der Waals surface area contributed by atoms with E-state index in [0.717, 1.165) is 86.7 Å². The van der Waals surface area contributed by atoms with Gasteiger partial charge >= 0.3 is 0 Å². The van der Waals surface area contributed by atoms with Crippen molar-refractivity contribution in [3.8, 4) is 11.5 Å². The van der Waals surface area contributed by atoms with Crippen LogP contribution in [0, 0.1) is 0 Å². The smallest absolute Gasteiger partial charge is 0.119 e. The van der Waals surface area contributed by atoms with Gasteiger partial charge in [-0.05, 0) is 90.1 Å². The van der Waals surface area contributed by atoms with Crippen molar-refractivity contribution in [2.75, 3.05) is 64.1 Å². The molecule has 2 aromatic carbocycles. The Hall–Kier alpha value is -3.10. The molecule has 8 heteroatoms. The Bertz CT molecular complexity index is 1000. The number of benzene rings is 2. The molecule has 1 aliphatic heterocycles. The first-order valence-electron chi connectivity index (χ1n) is 14.4. The van der Waals surface area contributed by atoms with E-state index in [2.05, 4.69) is 62.0 Å². The number of aliphatic imine (C=N–C) groups is 2. The molecular weight excluding hydrogens is 500 g/mol. The lowest BCUT2D eigenvalue weighted by Crippen LogP contribution is -2.47. The van der Waals surface area contributed by atoms with Gasteiger partial charge in [0, 0.05) is 63.5 Å². The molecule has 1 aliphatic rings. The third-order valence-electron chi connectivity index (χ3n) is 6.49. The number of methoxy groups -OCH3 is 2. The largest absolute Gasteiger partial charge is 0.497 e. The maximum absolute atomic E-state index is 5.29. The molecule has 2 aromatic rings. The van der Waals surface area contributed by atoms with Gasteiger partial charge in [0.05, 0.1) is 25.3 Å². The van der Waals surface area contributed by atoms with E-state index in [4.69, 9.17) is 19.5 Å². The molecule has 0 atom stereocenters. The molecule has 1 fully saturated rings. The second-order valence-electron chi connectivity index (χ2n) is 12.3. The molecule has 0 saturated carbocycles. The van der Waals surface area contributed by atoms with Crippen LogP contribution in [0.25, 0.3) is 0 Å². The molecule has 0 amide bonds. The van der Waals surface area contributed by atoms with Gasteiger partial charge in [-0.2, -0.15) is 0 Å². The van der Waals surface area contributed by atoms with E-state index in [1.54, 1.807) is 14.2 Å². The molecule has 8 nitrogen and oxygen atoms in total. The highest BCUT2D eigenvalue weighted by Crippen LogP contribution is 2.19. The molecule has 220 valence electrons. The maximum atomic E-state index is 5.29. The Morgan fingerprint density at radius 3 is 1.23 bits per heavy atom.